The Kier molecular flexibility index (Phi) is 5.04. The summed E-state index contributed by atoms with van der Waals surface area (Å²) in [7, 11) is -3.64. The summed E-state index contributed by atoms with van der Waals surface area (Å²) in [5.74, 6) is 0.00258. The van der Waals surface area contributed by atoms with E-state index < -0.39 is 15.8 Å². The molecule has 1 aliphatic heterocycles. The van der Waals surface area contributed by atoms with Gasteiger partial charge in [-0.25, -0.2) is 17.5 Å². The fraction of sp³-hybridized carbons (Fsp3) is 0.294. The third-order valence-corrected chi connectivity index (χ3v) is 6.98. The van der Waals surface area contributed by atoms with Crippen molar-refractivity contribution in [3.05, 3.63) is 41.5 Å². The average molecular weight is 409 g/mol. The Morgan fingerprint density at radius 2 is 2.19 bits per heavy atom. The maximum absolute atomic E-state index is 13.3. The van der Waals surface area contributed by atoms with E-state index in [2.05, 4.69) is 14.9 Å². The highest BCUT2D eigenvalue weighted by molar-refractivity contribution is 7.91. The lowest BCUT2D eigenvalue weighted by Gasteiger charge is -2.10. The number of sulfonamides is 1. The number of hydrogen-bond donors (Lipinski definition) is 1. The topological polar surface area (TPSA) is 94.3 Å². The van der Waals surface area contributed by atoms with Crippen molar-refractivity contribution in [2.45, 2.75) is 23.2 Å². The summed E-state index contributed by atoms with van der Waals surface area (Å²) in [6.45, 7) is 0.917. The Hall–Kier alpha value is -2.14. The van der Waals surface area contributed by atoms with E-state index in [1.54, 1.807) is 17.5 Å². The van der Waals surface area contributed by atoms with Gasteiger partial charge < -0.3 is 9.26 Å². The number of benzene rings is 1. The third-order valence-electron chi connectivity index (χ3n) is 4.12. The van der Waals surface area contributed by atoms with Crippen LogP contribution < -0.4 is 4.72 Å². The minimum absolute atomic E-state index is 0.0797. The van der Waals surface area contributed by atoms with Crippen molar-refractivity contribution in [2.75, 3.05) is 13.2 Å². The summed E-state index contributed by atoms with van der Waals surface area (Å²) < 4.78 is 51.6. The zero-order valence-electron chi connectivity index (χ0n) is 14.1. The van der Waals surface area contributed by atoms with Gasteiger partial charge in [0, 0.05) is 24.1 Å². The number of nitrogens with zero attached hydrogens (tertiary/aromatic N) is 2. The fourth-order valence-electron chi connectivity index (χ4n) is 2.73. The lowest BCUT2D eigenvalue weighted by Crippen LogP contribution is -2.31. The Morgan fingerprint density at radius 1 is 1.30 bits per heavy atom. The van der Waals surface area contributed by atoms with Crippen molar-refractivity contribution in [3.8, 4) is 22.8 Å². The Balaban J connectivity index is 1.50. The van der Waals surface area contributed by atoms with Crippen molar-refractivity contribution >= 4 is 21.4 Å². The van der Waals surface area contributed by atoms with Crippen molar-refractivity contribution < 1.29 is 22.1 Å². The molecule has 1 aromatic carbocycles. The molecule has 1 aliphatic rings. The molecule has 7 nitrogen and oxygen atoms in total. The van der Waals surface area contributed by atoms with Gasteiger partial charge in [-0.3, -0.25) is 0 Å². The molecule has 10 heteroatoms. The smallest absolute Gasteiger partial charge is 0.259 e. The molecule has 0 unspecified atom stereocenters. The van der Waals surface area contributed by atoms with E-state index in [9.17, 15) is 12.8 Å². The first kappa shape index (κ1) is 18.2. The number of aromatic nitrogens is 2. The van der Waals surface area contributed by atoms with Crippen molar-refractivity contribution in [1.29, 1.82) is 0 Å². The van der Waals surface area contributed by atoms with Gasteiger partial charge in [0.25, 0.3) is 5.89 Å². The number of thiophene rings is 1. The first-order valence-electron chi connectivity index (χ1n) is 8.31. The van der Waals surface area contributed by atoms with E-state index >= 15 is 0 Å². The van der Waals surface area contributed by atoms with Gasteiger partial charge >= 0.3 is 0 Å². The van der Waals surface area contributed by atoms with Gasteiger partial charge in [-0.05, 0) is 31.0 Å². The van der Waals surface area contributed by atoms with E-state index in [4.69, 9.17) is 9.26 Å². The van der Waals surface area contributed by atoms with Gasteiger partial charge in [-0.2, -0.15) is 4.98 Å². The molecule has 1 N–H and O–H groups in total. The van der Waals surface area contributed by atoms with Crippen LogP contribution in [-0.2, 0) is 14.8 Å². The van der Waals surface area contributed by atoms with Crippen LogP contribution in [0.15, 0.2) is 44.4 Å². The average Bonchev–Trinajstić information content (AvgIpc) is 3.41. The molecule has 0 saturated carbocycles. The number of nitrogens with one attached hydrogen (secondary N) is 1. The van der Waals surface area contributed by atoms with Gasteiger partial charge in [-0.1, -0.05) is 17.3 Å². The minimum atomic E-state index is -3.64. The van der Waals surface area contributed by atoms with Crippen LogP contribution in [0.1, 0.15) is 12.8 Å². The molecule has 3 aromatic rings. The highest BCUT2D eigenvalue weighted by Gasteiger charge is 2.23. The third kappa shape index (κ3) is 4.08. The molecular weight excluding hydrogens is 393 g/mol. The molecule has 0 radical (unpaired) electrons. The summed E-state index contributed by atoms with van der Waals surface area (Å²) in [5, 5.41) is 5.46. The number of halogens is 1. The van der Waals surface area contributed by atoms with Crippen molar-refractivity contribution in [3.63, 3.8) is 0 Å². The van der Waals surface area contributed by atoms with Crippen LogP contribution in [0.2, 0.25) is 0 Å². The molecule has 1 saturated heterocycles. The van der Waals surface area contributed by atoms with Gasteiger partial charge in [0.1, 0.15) is 10.0 Å². The SMILES string of the molecule is O=S(=O)(NC[C@H]1CCCO1)c1cc(-c2nc(-c3cccc(F)c3)no2)cs1. The molecular formula is C17H16FN3O4S2. The van der Waals surface area contributed by atoms with Gasteiger partial charge in [-0.15, -0.1) is 11.3 Å². The predicted molar refractivity (Wildman–Crippen MR) is 97.2 cm³/mol. The van der Waals surface area contributed by atoms with Crippen LogP contribution in [0.25, 0.3) is 22.8 Å². The van der Waals surface area contributed by atoms with Crippen molar-refractivity contribution in [1.82, 2.24) is 14.9 Å². The molecule has 142 valence electrons. The van der Waals surface area contributed by atoms with Crippen LogP contribution >= 0.6 is 11.3 Å². The monoisotopic (exact) mass is 409 g/mol. The summed E-state index contributed by atoms with van der Waals surface area (Å²) in [6.07, 6.45) is 1.72. The van der Waals surface area contributed by atoms with E-state index in [1.807, 2.05) is 0 Å². The molecule has 3 heterocycles. The van der Waals surface area contributed by atoms with E-state index in [0.29, 0.717) is 17.7 Å². The fourth-order valence-corrected chi connectivity index (χ4v) is 5.00. The second-order valence-corrected chi connectivity index (χ2v) is 8.98. The first-order chi connectivity index (χ1) is 13.0. The summed E-state index contributed by atoms with van der Waals surface area (Å²) in [4.78, 5) is 4.22. The number of ether oxygens (including phenoxy) is 1. The van der Waals surface area contributed by atoms with E-state index in [1.165, 1.54) is 18.2 Å². The normalized spacial score (nSPS) is 17.4. The second-order valence-electron chi connectivity index (χ2n) is 6.07. The Bertz CT molecular complexity index is 1040. The molecule has 1 fully saturated rings. The second kappa shape index (κ2) is 7.47. The van der Waals surface area contributed by atoms with Gasteiger partial charge in [0.15, 0.2) is 0 Å². The molecule has 0 bridgehead atoms. The highest BCUT2D eigenvalue weighted by atomic mass is 32.2. The van der Waals surface area contributed by atoms with Crippen LogP contribution in [0, 0.1) is 5.82 Å². The zero-order chi connectivity index (χ0) is 18.9. The quantitative estimate of drug-likeness (QED) is 0.672. The van der Waals surface area contributed by atoms with Gasteiger partial charge in [0.05, 0.1) is 11.7 Å². The van der Waals surface area contributed by atoms with Gasteiger partial charge in [0.2, 0.25) is 15.8 Å². The molecule has 27 heavy (non-hydrogen) atoms. The maximum Gasteiger partial charge on any atom is 0.259 e. The molecule has 0 spiro atoms. The Labute approximate surface area is 159 Å². The predicted octanol–water partition coefficient (Wildman–Crippen LogP) is 3.06. The lowest BCUT2D eigenvalue weighted by atomic mass is 10.2. The molecule has 2 aromatic heterocycles. The molecule has 4 rings (SSSR count). The summed E-state index contributed by atoms with van der Waals surface area (Å²) >= 11 is 1.06. The summed E-state index contributed by atoms with van der Waals surface area (Å²) in [5.41, 5.74) is 0.971. The molecule has 0 amide bonds. The lowest BCUT2D eigenvalue weighted by molar-refractivity contribution is 0.114. The standard InChI is InChI=1S/C17H16FN3O4S2/c18-13-4-1-3-11(7-13)16-20-17(25-21-16)12-8-15(26-10-12)27(22,23)19-9-14-5-2-6-24-14/h1,3-4,7-8,10,14,19H,2,5-6,9H2/t14-/m1/s1. The minimum Gasteiger partial charge on any atom is -0.377 e. The largest absolute Gasteiger partial charge is 0.377 e. The van der Waals surface area contributed by atoms with Crippen molar-refractivity contribution in [2.24, 2.45) is 0 Å². The van der Waals surface area contributed by atoms with E-state index in [-0.39, 0.29) is 28.6 Å². The van der Waals surface area contributed by atoms with E-state index in [0.717, 1.165) is 24.2 Å². The van der Waals surface area contributed by atoms with Crippen LogP contribution in [0.5, 0.6) is 0 Å². The van der Waals surface area contributed by atoms with Crippen LogP contribution in [-0.4, -0.2) is 37.8 Å². The first-order valence-corrected chi connectivity index (χ1v) is 10.7. The molecule has 0 aliphatic carbocycles. The number of rotatable bonds is 6. The highest BCUT2D eigenvalue weighted by Crippen LogP contribution is 2.29. The molecule has 1 atom stereocenters. The van der Waals surface area contributed by atoms with Crippen LogP contribution in [0.4, 0.5) is 4.39 Å². The maximum atomic E-state index is 13.3. The number of hydrogen-bond acceptors (Lipinski definition) is 7. The van der Waals surface area contributed by atoms with Crippen LogP contribution in [0.3, 0.4) is 0 Å². The zero-order valence-corrected chi connectivity index (χ0v) is 15.7. The summed E-state index contributed by atoms with van der Waals surface area (Å²) in [6, 6.07) is 7.31. The Morgan fingerprint density at radius 3 is 2.96 bits per heavy atom.